The van der Waals surface area contributed by atoms with Gasteiger partial charge >= 0.3 is 0 Å². The number of aliphatic hydroxyl groups is 1. The molecule has 6 heteroatoms. The Hall–Kier alpha value is -0.170. The molecule has 0 rings (SSSR count). The van der Waals surface area contributed by atoms with Crippen LogP contribution in [0.3, 0.4) is 0 Å². The van der Waals surface area contributed by atoms with Crippen LogP contribution in [0, 0.1) is 0 Å². The lowest BCUT2D eigenvalue weighted by atomic mass is 10.1. The number of ether oxygens (including phenoxy) is 1. The molecule has 0 bridgehead atoms. The monoisotopic (exact) mass is 310 g/mol. The van der Waals surface area contributed by atoms with E-state index in [1.165, 1.54) is 38.5 Å². The van der Waals surface area contributed by atoms with Gasteiger partial charge in [-0.15, -0.1) is 0 Å². The number of hydrogen-bond donors (Lipinski definition) is 2. The quantitative estimate of drug-likeness (QED) is 0.381. The first-order chi connectivity index (χ1) is 9.49. The van der Waals surface area contributed by atoms with Gasteiger partial charge in [-0.1, -0.05) is 51.9 Å². The predicted octanol–water partition coefficient (Wildman–Crippen LogP) is 2.78. The summed E-state index contributed by atoms with van der Waals surface area (Å²) in [6, 6.07) is 0. The molecule has 0 spiro atoms. The summed E-state index contributed by atoms with van der Waals surface area (Å²) in [5.74, 6) is -0.365. The van der Waals surface area contributed by atoms with Crippen LogP contribution >= 0.6 is 0 Å². The van der Waals surface area contributed by atoms with E-state index in [4.69, 9.17) is 14.4 Å². The minimum atomic E-state index is -3.97. The second-order valence-electron chi connectivity index (χ2n) is 5.22. The van der Waals surface area contributed by atoms with Crippen molar-refractivity contribution in [1.29, 1.82) is 0 Å². The molecule has 2 N–H and O–H groups in total. The maximum Gasteiger partial charge on any atom is 0.264 e. The van der Waals surface area contributed by atoms with Crippen molar-refractivity contribution < 1.29 is 22.8 Å². The second kappa shape index (κ2) is 12.6. The highest BCUT2D eigenvalue weighted by atomic mass is 32.2. The molecule has 0 amide bonds. The summed E-state index contributed by atoms with van der Waals surface area (Å²) in [6.45, 7) is 2.52. The molecule has 1 atom stereocenters. The van der Waals surface area contributed by atoms with Crippen molar-refractivity contribution in [3.8, 4) is 0 Å². The van der Waals surface area contributed by atoms with Crippen molar-refractivity contribution in [2.45, 2.75) is 70.8 Å². The first-order valence-electron chi connectivity index (χ1n) is 7.67. The van der Waals surface area contributed by atoms with Gasteiger partial charge in [-0.2, -0.15) is 8.42 Å². The van der Waals surface area contributed by atoms with E-state index in [1.54, 1.807) is 0 Å². The lowest BCUT2D eigenvalue weighted by molar-refractivity contribution is 0.00957. The first kappa shape index (κ1) is 19.8. The van der Waals surface area contributed by atoms with Crippen molar-refractivity contribution in [3.05, 3.63) is 0 Å². The van der Waals surface area contributed by atoms with E-state index >= 15 is 0 Å². The van der Waals surface area contributed by atoms with E-state index in [0.717, 1.165) is 12.8 Å². The Morgan fingerprint density at radius 1 is 1.00 bits per heavy atom. The average molecular weight is 310 g/mol. The fraction of sp³-hybridized carbons (Fsp3) is 1.00. The molecule has 0 saturated heterocycles. The molecule has 0 aliphatic heterocycles. The molecular weight excluding hydrogens is 280 g/mol. The van der Waals surface area contributed by atoms with E-state index in [-0.39, 0.29) is 18.8 Å². The van der Waals surface area contributed by atoms with Crippen LogP contribution in [0.4, 0.5) is 0 Å². The fourth-order valence-electron chi connectivity index (χ4n) is 1.99. The van der Waals surface area contributed by atoms with E-state index in [9.17, 15) is 8.42 Å². The topological polar surface area (TPSA) is 83.8 Å². The lowest BCUT2D eigenvalue weighted by Gasteiger charge is -2.14. The summed E-state index contributed by atoms with van der Waals surface area (Å²) < 4.78 is 35.2. The number of rotatable bonds is 14. The Labute approximate surface area is 123 Å². The van der Waals surface area contributed by atoms with E-state index < -0.39 is 16.2 Å². The average Bonchev–Trinajstić information content (AvgIpc) is 2.39. The number of unbranched alkanes of at least 4 members (excludes halogenated alkanes) is 7. The van der Waals surface area contributed by atoms with Gasteiger partial charge in [-0.05, 0) is 12.8 Å². The molecule has 122 valence electrons. The summed E-state index contributed by atoms with van der Waals surface area (Å²) in [4.78, 5) is 0. The Balaban J connectivity index is 3.42. The Kier molecular flexibility index (Phi) is 12.5. The normalized spacial score (nSPS) is 13.6. The first-order valence-corrected chi connectivity index (χ1v) is 9.28. The number of aliphatic hydroxyl groups excluding tert-OH is 1. The van der Waals surface area contributed by atoms with Crippen LogP contribution in [0.2, 0.25) is 0 Å². The molecule has 5 nitrogen and oxygen atoms in total. The summed E-state index contributed by atoms with van der Waals surface area (Å²) in [6.07, 6.45) is 9.30. The number of hydrogen-bond acceptors (Lipinski definition) is 4. The lowest BCUT2D eigenvalue weighted by Crippen LogP contribution is -2.22. The smallest absolute Gasteiger partial charge is 0.264 e. The Bertz CT molecular complexity index is 303. The molecule has 0 radical (unpaired) electrons. The van der Waals surface area contributed by atoms with E-state index in [0.29, 0.717) is 6.61 Å². The molecule has 0 heterocycles. The molecule has 0 aliphatic carbocycles. The predicted molar refractivity (Wildman–Crippen MR) is 80.5 cm³/mol. The van der Waals surface area contributed by atoms with Crippen LogP contribution in [-0.2, 0) is 14.9 Å². The van der Waals surface area contributed by atoms with Crippen LogP contribution in [-0.4, -0.2) is 43.1 Å². The van der Waals surface area contributed by atoms with Crippen molar-refractivity contribution in [2.75, 3.05) is 19.0 Å². The van der Waals surface area contributed by atoms with Gasteiger partial charge in [0.15, 0.2) is 0 Å². The zero-order chi connectivity index (χ0) is 15.3. The third-order valence-electron chi connectivity index (χ3n) is 3.25. The maximum atomic E-state index is 10.6. The summed E-state index contributed by atoms with van der Waals surface area (Å²) in [5.41, 5.74) is 0. The van der Waals surface area contributed by atoms with Gasteiger partial charge in [0.05, 0.1) is 18.5 Å². The molecule has 0 aliphatic rings. The van der Waals surface area contributed by atoms with Crippen LogP contribution in [0.25, 0.3) is 0 Å². The molecule has 0 aromatic rings. The fourth-order valence-corrected chi connectivity index (χ4v) is 2.55. The van der Waals surface area contributed by atoms with Crippen molar-refractivity contribution in [1.82, 2.24) is 0 Å². The molecule has 20 heavy (non-hydrogen) atoms. The Morgan fingerprint density at radius 2 is 1.55 bits per heavy atom. The zero-order valence-electron chi connectivity index (χ0n) is 12.6. The van der Waals surface area contributed by atoms with Crippen LogP contribution in [0.5, 0.6) is 0 Å². The van der Waals surface area contributed by atoms with Gasteiger partial charge in [-0.25, -0.2) is 0 Å². The molecule has 0 fully saturated rings. The van der Waals surface area contributed by atoms with Crippen molar-refractivity contribution >= 4 is 10.1 Å². The second-order valence-corrected chi connectivity index (χ2v) is 6.80. The van der Waals surface area contributed by atoms with Crippen LogP contribution in [0.1, 0.15) is 64.7 Å². The zero-order valence-corrected chi connectivity index (χ0v) is 13.4. The van der Waals surface area contributed by atoms with Gasteiger partial charge in [0.1, 0.15) is 0 Å². The largest absolute Gasteiger partial charge is 0.394 e. The Morgan fingerprint density at radius 3 is 2.05 bits per heavy atom. The van der Waals surface area contributed by atoms with Gasteiger partial charge in [0, 0.05) is 6.61 Å². The molecule has 0 aromatic heterocycles. The maximum absolute atomic E-state index is 10.6. The van der Waals surface area contributed by atoms with Gasteiger partial charge in [0.25, 0.3) is 10.1 Å². The molecule has 1 unspecified atom stereocenters. The molecule has 0 aromatic carbocycles. The van der Waals surface area contributed by atoms with Crippen molar-refractivity contribution in [3.63, 3.8) is 0 Å². The van der Waals surface area contributed by atoms with E-state index in [2.05, 4.69) is 6.92 Å². The standard InChI is InChI=1S/C14H30O5S/c1-2-3-4-5-6-7-8-9-11-19-14(13-15)10-12-20(16,17)18/h14-15H,2-13H2,1H3,(H,16,17,18). The third-order valence-corrected chi connectivity index (χ3v) is 4.00. The summed E-state index contributed by atoms with van der Waals surface area (Å²) in [7, 11) is -3.97. The van der Waals surface area contributed by atoms with Crippen LogP contribution in [0.15, 0.2) is 0 Å². The summed E-state index contributed by atoms with van der Waals surface area (Å²) >= 11 is 0. The summed E-state index contributed by atoms with van der Waals surface area (Å²) in [5, 5.41) is 9.04. The van der Waals surface area contributed by atoms with Crippen LogP contribution < -0.4 is 0 Å². The minimum Gasteiger partial charge on any atom is -0.394 e. The van der Waals surface area contributed by atoms with Gasteiger partial charge in [0.2, 0.25) is 0 Å². The minimum absolute atomic E-state index is 0.131. The van der Waals surface area contributed by atoms with Crippen molar-refractivity contribution in [2.24, 2.45) is 0 Å². The SMILES string of the molecule is CCCCCCCCCCOC(CO)CCS(=O)(=O)O. The van der Waals surface area contributed by atoms with Gasteiger partial charge in [-0.3, -0.25) is 4.55 Å². The highest BCUT2D eigenvalue weighted by Crippen LogP contribution is 2.09. The molecular formula is C14H30O5S. The third kappa shape index (κ3) is 14.2. The van der Waals surface area contributed by atoms with E-state index in [1.807, 2.05) is 0 Å². The highest BCUT2D eigenvalue weighted by Gasteiger charge is 2.12. The van der Waals surface area contributed by atoms with Gasteiger partial charge < -0.3 is 9.84 Å². The molecule has 0 saturated carbocycles. The highest BCUT2D eigenvalue weighted by molar-refractivity contribution is 7.85.